The Hall–Kier alpha value is -1.95. The van der Waals surface area contributed by atoms with Crippen LogP contribution in [0.3, 0.4) is 0 Å². The van der Waals surface area contributed by atoms with Gasteiger partial charge in [-0.1, -0.05) is 5.16 Å². The van der Waals surface area contributed by atoms with Crippen LogP contribution in [0.5, 0.6) is 0 Å². The monoisotopic (exact) mass is 279 g/mol. The maximum absolute atomic E-state index is 11.8. The highest BCUT2D eigenvalue weighted by molar-refractivity contribution is 7.14. The first kappa shape index (κ1) is 13.5. The lowest BCUT2D eigenvalue weighted by Gasteiger charge is -2.02. The van der Waals surface area contributed by atoms with E-state index >= 15 is 0 Å². The van der Waals surface area contributed by atoms with Crippen LogP contribution < -0.4 is 0 Å². The number of Topliss-reactive ketones (excluding diaryl/α,β-unsaturated/α-hetero) is 1. The predicted molar refractivity (Wildman–Crippen MR) is 69.6 cm³/mol. The molecule has 0 amide bonds. The van der Waals surface area contributed by atoms with Gasteiger partial charge in [0.25, 0.3) is 0 Å². The van der Waals surface area contributed by atoms with Crippen LogP contribution in [-0.4, -0.2) is 23.5 Å². The number of aryl methyl sites for hydroxylation is 3. The summed E-state index contributed by atoms with van der Waals surface area (Å²) in [6, 6.07) is 3.58. The molecule has 0 spiro atoms. The Morgan fingerprint density at radius 2 is 2.05 bits per heavy atom. The van der Waals surface area contributed by atoms with Crippen molar-refractivity contribution in [3.63, 3.8) is 0 Å². The second kappa shape index (κ2) is 5.36. The minimum absolute atomic E-state index is 0.210. The smallest absolute Gasteiger partial charge is 0.344 e. The minimum atomic E-state index is -0.585. The van der Waals surface area contributed by atoms with Crippen LogP contribution in [0.25, 0.3) is 0 Å². The van der Waals surface area contributed by atoms with E-state index in [9.17, 15) is 9.59 Å². The van der Waals surface area contributed by atoms with Gasteiger partial charge in [0.15, 0.2) is 6.61 Å². The second-order valence-corrected chi connectivity index (χ2v) is 5.40. The van der Waals surface area contributed by atoms with Gasteiger partial charge in [0.05, 0.1) is 10.6 Å². The van der Waals surface area contributed by atoms with Crippen LogP contribution in [0.1, 0.15) is 36.4 Å². The predicted octanol–water partition coefficient (Wildman–Crippen LogP) is 2.70. The van der Waals surface area contributed by atoms with Crippen LogP contribution in [0, 0.1) is 20.8 Å². The van der Waals surface area contributed by atoms with E-state index in [2.05, 4.69) is 5.16 Å². The van der Waals surface area contributed by atoms with Gasteiger partial charge < -0.3 is 9.26 Å². The van der Waals surface area contributed by atoms with Crippen molar-refractivity contribution in [2.45, 2.75) is 20.8 Å². The van der Waals surface area contributed by atoms with Gasteiger partial charge in [-0.15, -0.1) is 11.3 Å². The lowest BCUT2D eigenvalue weighted by atomic mass is 10.2. The molecule has 0 aliphatic heterocycles. The lowest BCUT2D eigenvalue weighted by molar-refractivity contribution is 0.0473. The summed E-state index contributed by atoms with van der Waals surface area (Å²) in [4.78, 5) is 25.2. The highest BCUT2D eigenvalue weighted by Crippen LogP contribution is 2.17. The van der Waals surface area contributed by atoms with Crippen LogP contribution in [-0.2, 0) is 4.74 Å². The first-order valence-electron chi connectivity index (χ1n) is 5.68. The number of ketones is 1. The van der Waals surface area contributed by atoms with Gasteiger partial charge in [0.2, 0.25) is 5.78 Å². The third kappa shape index (κ3) is 2.90. The molecule has 6 heteroatoms. The quantitative estimate of drug-likeness (QED) is 0.635. The van der Waals surface area contributed by atoms with Gasteiger partial charge in [-0.05, 0) is 32.9 Å². The zero-order valence-corrected chi connectivity index (χ0v) is 11.7. The molecule has 0 fully saturated rings. The summed E-state index contributed by atoms with van der Waals surface area (Å²) in [6.07, 6.45) is 0. The molecule has 0 aliphatic rings. The van der Waals surface area contributed by atoms with Crippen molar-refractivity contribution >= 4 is 23.1 Å². The van der Waals surface area contributed by atoms with Crippen molar-refractivity contribution in [2.24, 2.45) is 0 Å². The van der Waals surface area contributed by atoms with E-state index in [1.165, 1.54) is 11.3 Å². The van der Waals surface area contributed by atoms with Crippen molar-refractivity contribution in [1.82, 2.24) is 5.16 Å². The first-order chi connectivity index (χ1) is 8.99. The number of esters is 1. The largest absolute Gasteiger partial charge is 0.454 e. The Morgan fingerprint density at radius 3 is 2.58 bits per heavy atom. The minimum Gasteiger partial charge on any atom is -0.454 e. The normalized spacial score (nSPS) is 10.5. The zero-order valence-electron chi connectivity index (χ0n) is 10.9. The van der Waals surface area contributed by atoms with E-state index in [-0.39, 0.29) is 18.0 Å². The molecule has 0 atom stereocenters. The topological polar surface area (TPSA) is 69.4 Å². The van der Waals surface area contributed by atoms with E-state index in [0.29, 0.717) is 16.3 Å². The van der Waals surface area contributed by atoms with E-state index in [1.54, 1.807) is 19.9 Å². The Morgan fingerprint density at radius 1 is 1.32 bits per heavy atom. The molecular formula is C13H13NO4S. The average molecular weight is 279 g/mol. The summed E-state index contributed by atoms with van der Waals surface area (Å²) in [6.45, 7) is 4.92. The molecule has 0 saturated carbocycles. The van der Waals surface area contributed by atoms with E-state index < -0.39 is 5.97 Å². The molecule has 2 heterocycles. The molecule has 0 aliphatic carbocycles. The number of rotatable bonds is 4. The first-order valence-corrected chi connectivity index (χ1v) is 6.50. The summed E-state index contributed by atoms with van der Waals surface area (Å²) in [5.41, 5.74) is 0.747. The molecule has 0 bridgehead atoms. The number of carbonyl (C=O) groups excluding carboxylic acids is 2. The summed E-state index contributed by atoms with van der Waals surface area (Å²) in [7, 11) is 0. The van der Waals surface area contributed by atoms with Crippen molar-refractivity contribution in [1.29, 1.82) is 0 Å². The fourth-order valence-corrected chi connectivity index (χ4v) is 2.42. The standard InChI is InChI=1S/C13H13NO4S/c1-7-4-5-11(19-7)10(15)6-17-13(16)12-8(2)14-18-9(12)3/h4-5H,6H2,1-3H3. The number of hydrogen-bond acceptors (Lipinski definition) is 6. The maximum Gasteiger partial charge on any atom is 0.344 e. The third-order valence-corrected chi connectivity index (χ3v) is 3.63. The Labute approximate surface area is 114 Å². The summed E-state index contributed by atoms with van der Waals surface area (Å²) >= 11 is 1.38. The Kier molecular flexibility index (Phi) is 3.80. The van der Waals surface area contributed by atoms with Gasteiger partial charge in [-0.3, -0.25) is 4.79 Å². The lowest BCUT2D eigenvalue weighted by Crippen LogP contribution is -2.14. The van der Waals surface area contributed by atoms with Crippen molar-refractivity contribution in [3.8, 4) is 0 Å². The highest BCUT2D eigenvalue weighted by atomic mass is 32.1. The molecule has 0 saturated heterocycles. The molecule has 2 rings (SSSR count). The molecule has 0 N–H and O–H groups in total. The maximum atomic E-state index is 11.8. The van der Waals surface area contributed by atoms with Crippen molar-refractivity contribution in [3.05, 3.63) is 38.9 Å². The number of nitrogens with zero attached hydrogens (tertiary/aromatic N) is 1. The highest BCUT2D eigenvalue weighted by Gasteiger charge is 2.20. The third-order valence-electron chi connectivity index (χ3n) is 2.59. The van der Waals surface area contributed by atoms with Gasteiger partial charge >= 0.3 is 5.97 Å². The van der Waals surface area contributed by atoms with Gasteiger partial charge in [0, 0.05) is 4.88 Å². The molecule has 19 heavy (non-hydrogen) atoms. The number of carbonyl (C=O) groups is 2. The fourth-order valence-electron chi connectivity index (χ4n) is 1.63. The van der Waals surface area contributed by atoms with Gasteiger partial charge in [-0.2, -0.15) is 0 Å². The Balaban J connectivity index is 2.00. The van der Waals surface area contributed by atoms with Crippen LogP contribution in [0.4, 0.5) is 0 Å². The molecule has 0 unspecified atom stereocenters. The van der Waals surface area contributed by atoms with Crippen molar-refractivity contribution in [2.75, 3.05) is 6.61 Å². The van der Waals surface area contributed by atoms with E-state index in [1.807, 2.05) is 13.0 Å². The SMILES string of the molecule is Cc1ccc(C(=O)COC(=O)c2c(C)noc2C)s1. The Bertz CT molecular complexity index is 607. The van der Waals surface area contributed by atoms with E-state index in [4.69, 9.17) is 9.26 Å². The van der Waals surface area contributed by atoms with E-state index in [0.717, 1.165) is 4.88 Å². The molecule has 2 aromatic rings. The summed E-state index contributed by atoms with van der Waals surface area (Å²) < 4.78 is 9.87. The number of ether oxygens (including phenoxy) is 1. The number of hydrogen-bond donors (Lipinski definition) is 0. The van der Waals surface area contributed by atoms with Crippen LogP contribution >= 0.6 is 11.3 Å². The zero-order chi connectivity index (χ0) is 14.0. The fraction of sp³-hybridized carbons (Fsp3) is 0.308. The molecular weight excluding hydrogens is 266 g/mol. The average Bonchev–Trinajstić information content (AvgIpc) is 2.93. The summed E-state index contributed by atoms with van der Waals surface area (Å²) in [5, 5.41) is 3.67. The molecule has 5 nitrogen and oxygen atoms in total. The van der Waals surface area contributed by atoms with Crippen LogP contribution in [0.2, 0.25) is 0 Å². The van der Waals surface area contributed by atoms with Gasteiger partial charge in [-0.25, -0.2) is 4.79 Å². The molecule has 2 aromatic heterocycles. The molecule has 0 aromatic carbocycles. The summed E-state index contributed by atoms with van der Waals surface area (Å²) in [5.74, 6) is -0.405. The molecule has 100 valence electrons. The van der Waals surface area contributed by atoms with Crippen LogP contribution in [0.15, 0.2) is 16.7 Å². The second-order valence-electron chi connectivity index (χ2n) is 4.11. The molecule has 0 radical (unpaired) electrons. The van der Waals surface area contributed by atoms with Crippen molar-refractivity contribution < 1.29 is 18.8 Å². The number of aromatic nitrogens is 1. The number of thiophene rings is 1. The van der Waals surface area contributed by atoms with Gasteiger partial charge in [0.1, 0.15) is 11.3 Å².